The summed E-state index contributed by atoms with van der Waals surface area (Å²) in [5.74, 6) is 1.27. The molecule has 1 aliphatic heterocycles. The van der Waals surface area contributed by atoms with E-state index in [0.717, 1.165) is 0 Å². The molecule has 9 nitrogen and oxygen atoms in total. The molecule has 4 aromatic rings. The van der Waals surface area contributed by atoms with Crippen LogP contribution in [0.25, 0.3) is 22.4 Å². The number of rotatable bonds is 5. The molecule has 2 aromatic heterocycles. The van der Waals surface area contributed by atoms with Crippen molar-refractivity contribution in [1.82, 2.24) is 24.8 Å². The van der Waals surface area contributed by atoms with Crippen LogP contribution in [0.5, 0.6) is 5.75 Å². The van der Waals surface area contributed by atoms with Gasteiger partial charge in [-0.2, -0.15) is 9.97 Å². The van der Waals surface area contributed by atoms with Crippen molar-refractivity contribution in [2.24, 2.45) is 0 Å². The van der Waals surface area contributed by atoms with Gasteiger partial charge >= 0.3 is 0 Å². The predicted molar refractivity (Wildman–Crippen MR) is 136 cm³/mol. The lowest BCUT2D eigenvalue weighted by Crippen LogP contribution is -2.50. The average molecular weight is 510 g/mol. The molecule has 1 aliphatic rings. The Balaban J connectivity index is 1.34. The summed E-state index contributed by atoms with van der Waals surface area (Å²) in [5, 5.41) is 1.000. The van der Waals surface area contributed by atoms with E-state index in [1.54, 1.807) is 29.3 Å². The maximum atomic E-state index is 12.6. The summed E-state index contributed by atoms with van der Waals surface area (Å²) in [6.45, 7) is 2.12. The van der Waals surface area contributed by atoms with E-state index in [4.69, 9.17) is 38.7 Å². The van der Waals surface area contributed by atoms with Crippen molar-refractivity contribution < 1.29 is 9.53 Å². The third kappa shape index (κ3) is 5.06. The highest BCUT2D eigenvalue weighted by Crippen LogP contribution is 2.31. The number of ether oxygens (including phenoxy) is 1. The molecule has 0 radical (unpaired) electrons. The Bertz CT molecular complexity index is 1380. The Hall–Kier alpha value is -3.69. The van der Waals surface area contributed by atoms with E-state index in [0.29, 0.717) is 70.2 Å². The Morgan fingerprint density at radius 3 is 2.51 bits per heavy atom. The molecule has 1 saturated heterocycles. The van der Waals surface area contributed by atoms with Crippen LogP contribution in [-0.2, 0) is 4.79 Å². The molecule has 0 unspecified atom stereocenters. The van der Waals surface area contributed by atoms with Crippen LogP contribution in [0.3, 0.4) is 0 Å². The van der Waals surface area contributed by atoms with E-state index in [9.17, 15) is 4.79 Å². The minimum atomic E-state index is -0.0694. The summed E-state index contributed by atoms with van der Waals surface area (Å²) < 4.78 is 5.60. The van der Waals surface area contributed by atoms with Gasteiger partial charge < -0.3 is 20.3 Å². The maximum absolute atomic E-state index is 12.6. The zero-order valence-corrected chi connectivity index (χ0v) is 20.1. The number of hydrogen-bond acceptors (Lipinski definition) is 8. The first-order valence-corrected chi connectivity index (χ1v) is 11.7. The molecule has 11 heteroatoms. The molecule has 35 heavy (non-hydrogen) atoms. The minimum Gasteiger partial charge on any atom is -0.484 e. The number of amides is 1. The van der Waals surface area contributed by atoms with E-state index >= 15 is 0 Å². The van der Waals surface area contributed by atoms with Crippen molar-refractivity contribution >= 4 is 52.0 Å². The van der Waals surface area contributed by atoms with Crippen molar-refractivity contribution in [1.29, 1.82) is 0 Å². The zero-order chi connectivity index (χ0) is 24.4. The van der Waals surface area contributed by atoms with Crippen molar-refractivity contribution in [2.45, 2.75) is 0 Å². The monoisotopic (exact) mass is 509 g/mol. The summed E-state index contributed by atoms with van der Waals surface area (Å²) in [7, 11) is 0. The van der Waals surface area contributed by atoms with Crippen LogP contribution in [0.1, 0.15) is 0 Å². The summed E-state index contributed by atoms with van der Waals surface area (Å²) in [5.41, 5.74) is 8.12. The Kier molecular flexibility index (Phi) is 6.52. The highest BCUT2D eigenvalue weighted by molar-refractivity contribution is 6.36. The number of nitrogens with two attached hydrogens (primary N) is 1. The number of nitrogens with zero attached hydrogens (tertiary/aromatic N) is 6. The van der Waals surface area contributed by atoms with Crippen molar-refractivity contribution in [2.75, 3.05) is 43.4 Å². The summed E-state index contributed by atoms with van der Waals surface area (Å²) in [6, 6.07) is 14.5. The van der Waals surface area contributed by atoms with Gasteiger partial charge in [0.25, 0.3) is 5.91 Å². The Morgan fingerprint density at radius 1 is 1.00 bits per heavy atom. The number of fused-ring (bicyclic) bond motifs is 1. The second-order valence-electron chi connectivity index (χ2n) is 7.93. The van der Waals surface area contributed by atoms with Crippen molar-refractivity contribution in [3.8, 4) is 17.0 Å². The van der Waals surface area contributed by atoms with Gasteiger partial charge in [0.05, 0.1) is 16.9 Å². The SMILES string of the molecule is Nc1nc(N2CCN(C(=O)COc3ccccc3)CC2)c2nc(-c3ccc(Cl)cc3Cl)cnc2n1. The average Bonchev–Trinajstić information content (AvgIpc) is 2.87. The second-order valence-corrected chi connectivity index (χ2v) is 8.77. The van der Waals surface area contributed by atoms with E-state index in [1.165, 1.54) is 0 Å². The van der Waals surface area contributed by atoms with Crippen molar-refractivity contribution in [3.63, 3.8) is 0 Å². The van der Waals surface area contributed by atoms with Crippen LogP contribution >= 0.6 is 23.2 Å². The summed E-state index contributed by atoms with van der Waals surface area (Å²) in [6.07, 6.45) is 1.59. The quantitative estimate of drug-likeness (QED) is 0.433. The molecule has 0 spiro atoms. The molecule has 2 N–H and O–H groups in total. The normalized spacial score (nSPS) is 13.8. The molecule has 2 aromatic carbocycles. The van der Waals surface area contributed by atoms with Crippen LogP contribution in [0.15, 0.2) is 54.7 Å². The number of carbonyl (C=O) groups excluding carboxylic acids is 1. The predicted octanol–water partition coefficient (Wildman–Crippen LogP) is 3.70. The maximum Gasteiger partial charge on any atom is 0.260 e. The molecule has 0 aliphatic carbocycles. The number of anilines is 2. The van der Waals surface area contributed by atoms with Crippen LogP contribution in [0, 0.1) is 0 Å². The number of carbonyl (C=O) groups is 1. The van der Waals surface area contributed by atoms with Crippen LogP contribution < -0.4 is 15.4 Å². The fourth-order valence-corrected chi connectivity index (χ4v) is 4.38. The molecule has 0 saturated carbocycles. The van der Waals surface area contributed by atoms with Crippen LogP contribution in [0.4, 0.5) is 11.8 Å². The largest absolute Gasteiger partial charge is 0.484 e. The first-order valence-electron chi connectivity index (χ1n) is 10.9. The molecule has 178 valence electrons. The molecular weight excluding hydrogens is 489 g/mol. The number of benzene rings is 2. The van der Waals surface area contributed by atoms with E-state index < -0.39 is 0 Å². The lowest BCUT2D eigenvalue weighted by Gasteiger charge is -2.35. The molecule has 1 fully saturated rings. The van der Waals surface area contributed by atoms with Gasteiger partial charge in [0.1, 0.15) is 5.75 Å². The van der Waals surface area contributed by atoms with Gasteiger partial charge in [0.2, 0.25) is 5.95 Å². The first kappa shape index (κ1) is 23.1. The number of hydrogen-bond donors (Lipinski definition) is 1. The van der Waals surface area contributed by atoms with E-state index in [-0.39, 0.29) is 18.5 Å². The van der Waals surface area contributed by atoms with E-state index in [1.807, 2.05) is 35.2 Å². The first-order chi connectivity index (χ1) is 17.0. The number of halogens is 2. The number of aromatic nitrogens is 4. The Labute approximate surface area is 211 Å². The standard InChI is InChI=1S/C24H21Cl2N7O2/c25-15-6-7-17(18(26)12-15)19-13-28-22-21(29-19)23(31-24(27)30-22)33-10-8-32(9-11-33)20(34)14-35-16-4-2-1-3-5-16/h1-7,12-13H,8-11,14H2,(H2,27,28,30,31). The van der Waals surface area contributed by atoms with Crippen LogP contribution in [-0.4, -0.2) is 63.5 Å². The van der Waals surface area contributed by atoms with Gasteiger partial charge in [-0.25, -0.2) is 9.97 Å². The number of piperazine rings is 1. The second kappa shape index (κ2) is 9.89. The third-order valence-electron chi connectivity index (χ3n) is 5.65. The lowest BCUT2D eigenvalue weighted by atomic mass is 10.1. The van der Waals surface area contributed by atoms with Gasteiger partial charge in [0.15, 0.2) is 23.6 Å². The zero-order valence-electron chi connectivity index (χ0n) is 18.6. The number of nitrogen functional groups attached to an aromatic ring is 1. The number of para-hydroxylation sites is 1. The summed E-state index contributed by atoms with van der Waals surface area (Å²) >= 11 is 12.4. The topological polar surface area (TPSA) is 110 Å². The van der Waals surface area contributed by atoms with Crippen LogP contribution in [0.2, 0.25) is 10.0 Å². The van der Waals surface area contributed by atoms with Gasteiger partial charge in [0, 0.05) is 36.8 Å². The molecule has 0 bridgehead atoms. The molecule has 0 atom stereocenters. The van der Waals surface area contributed by atoms with Gasteiger partial charge in [-0.3, -0.25) is 4.79 Å². The summed E-state index contributed by atoms with van der Waals surface area (Å²) in [4.78, 5) is 34.3. The minimum absolute atomic E-state index is 0.00984. The molecule has 5 rings (SSSR count). The Morgan fingerprint density at radius 2 is 1.77 bits per heavy atom. The highest BCUT2D eigenvalue weighted by atomic mass is 35.5. The lowest BCUT2D eigenvalue weighted by molar-refractivity contribution is -0.133. The van der Waals surface area contributed by atoms with Gasteiger partial charge in [-0.1, -0.05) is 41.4 Å². The fraction of sp³-hybridized carbons (Fsp3) is 0.208. The highest BCUT2D eigenvalue weighted by Gasteiger charge is 2.25. The fourth-order valence-electron chi connectivity index (χ4n) is 3.88. The van der Waals surface area contributed by atoms with Gasteiger partial charge in [-0.05, 0) is 30.3 Å². The van der Waals surface area contributed by atoms with Gasteiger partial charge in [-0.15, -0.1) is 0 Å². The van der Waals surface area contributed by atoms with E-state index in [2.05, 4.69) is 15.0 Å². The molecule has 3 heterocycles. The molecule has 1 amide bonds. The third-order valence-corrected chi connectivity index (χ3v) is 6.20. The molecular formula is C24H21Cl2N7O2. The smallest absolute Gasteiger partial charge is 0.260 e. The van der Waals surface area contributed by atoms with Crippen molar-refractivity contribution in [3.05, 3.63) is 64.8 Å².